The first-order chi connectivity index (χ1) is 8.69. The summed E-state index contributed by atoms with van der Waals surface area (Å²) in [5, 5.41) is 6.39. The van der Waals surface area contributed by atoms with Gasteiger partial charge in [0.15, 0.2) is 0 Å². The van der Waals surface area contributed by atoms with Gasteiger partial charge in [0.1, 0.15) is 0 Å². The van der Waals surface area contributed by atoms with Crippen molar-refractivity contribution in [2.45, 2.75) is 59.5 Å². The fourth-order valence-electron chi connectivity index (χ4n) is 2.07. The summed E-state index contributed by atoms with van der Waals surface area (Å²) in [6.07, 6.45) is 0.518. The molecule has 0 saturated carbocycles. The molecule has 1 atom stereocenters. The van der Waals surface area contributed by atoms with Crippen molar-refractivity contribution < 1.29 is 4.79 Å². The number of amides is 1. The van der Waals surface area contributed by atoms with Crippen molar-refractivity contribution in [3.8, 4) is 0 Å². The Balaban J connectivity index is 2.37. The minimum absolute atomic E-state index is 0.102. The maximum atomic E-state index is 11.7. The van der Waals surface area contributed by atoms with Crippen molar-refractivity contribution in [1.29, 1.82) is 0 Å². The number of carbonyl (C=O) groups is 1. The molecule has 1 aromatic heterocycles. The Morgan fingerprint density at radius 1 is 1.37 bits per heavy atom. The molecule has 0 fully saturated rings. The first kappa shape index (κ1) is 16.2. The molecule has 0 aliphatic heterocycles. The van der Waals surface area contributed by atoms with Gasteiger partial charge >= 0.3 is 0 Å². The topological polar surface area (TPSA) is 41.1 Å². The molecule has 0 bridgehead atoms. The number of thiophene rings is 1. The molecule has 0 aliphatic carbocycles. The SMILES string of the molecule is Cc1cc(C(C)NCCC(=O)NC(C)(C)C)c(C)s1. The fourth-order valence-corrected chi connectivity index (χ4v) is 3.10. The van der Waals surface area contributed by atoms with Gasteiger partial charge in [0, 0.05) is 34.3 Å². The number of carbonyl (C=O) groups excluding carboxylic acids is 1. The van der Waals surface area contributed by atoms with E-state index in [2.05, 4.69) is 37.5 Å². The van der Waals surface area contributed by atoms with E-state index >= 15 is 0 Å². The zero-order valence-corrected chi connectivity index (χ0v) is 13.7. The molecule has 0 saturated heterocycles. The molecule has 0 spiro atoms. The molecule has 1 unspecified atom stereocenters. The Hall–Kier alpha value is -0.870. The Morgan fingerprint density at radius 2 is 2.00 bits per heavy atom. The van der Waals surface area contributed by atoms with E-state index in [1.807, 2.05) is 32.1 Å². The highest BCUT2D eigenvalue weighted by atomic mass is 32.1. The molecule has 1 aromatic rings. The Bertz CT molecular complexity index is 432. The summed E-state index contributed by atoms with van der Waals surface area (Å²) >= 11 is 1.83. The first-order valence-electron chi connectivity index (χ1n) is 6.80. The smallest absolute Gasteiger partial charge is 0.221 e. The van der Waals surface area contributed by atoms with E-state index in [4.69, 9.17) is 0 Å². The molecule has 3 nitrogen and oxygen atoms in total. The van der Waals surface area contributed by atoms with Crippen LogP contribution in [0.3, 0.4) is 0 Å². The predicted octanol–water partition coefficient (Wildman–Crippen LogP) is 3.32. The van der Waals surface area contributed by atoms with Crippen LogP contribution in [0.25, 0.3) is 0 Å². The van der Waals surface area contributed by atoms with Crippen molar-refractivity contribution in [3.05, 3.63) is 21.4 Å². The van der Waals surface area contributed by atoms with Gasteiger partial charge < -0.3 is 10.6 Å². The highest BCUT2D eigenvalue weighted by Crippen LogP contribution is 2.25. The van der Waals surface area contributed by atoms with Crippen molar-refractivity contribution in [3.63, 3.8) is 0 Å². The highest BCUT2D eigenvalue weighted by molar-refractivity contribution is 7.12. The molecule has 0 radical (unpaired) electrons. The standard InChI is InChI=1S/C15H26N2OS/c1-10-9-13(12(3)19-10)11(2)16-8-7-14(18)17-15(4,5)6/h9,11,16H,7-8H2,1-6H3,(H,17,18). The Morgan fingerprint density at radius 3 is 2.47 bits per heavy atom. The minimum Gasteiger partial charge on any atom is -0.351 e. The summed E-state index contributed by atoms with van der Waals surface area (Å²) in [6.45, 7) is 13.1. The van der Waals surface area contributed by atoms with Crippen LogP contribution in [0.4, 0.5) is 0 Å². The second-order valence-corrected chi connectivity index (χ2v) is 7.55. The van der Waals surface area contributed by atoms with Gasteiger partial charge in [-0.3, -0.25) is 4.79 Å². The van der Waals surface area contributed by atoms with Crippen molar-refractivity contribution in [1.82, 2.24) is 10.6 Å². The van der Waals surface area contributed by atoms with Crippen LogP contribution >= 0.6 is 11.3 Å². The van der Waals surface area contributed by atoms with E-state index in [-0.39, 0.29) is 11.4 Å². The Labute approximate surface area is 120 Å². The van der Waals surface area contributed by atoms with Gasteiger partial charge in [0.2, 0.25) is 5.91 Å². The van der Waals surface area contributed by atoms with Crippen LogP contribution in [0, 0.1) is 13.8 Å². The maximum absolute atomic E-state index is 11.7. The summed E-state index contributed by atoms with van der Waals surface area (Å²) in [5.41, 5.74) is 1.20. The van der Waals surface area contributed by atoms with Gasteiger partial charge in [0.25, 0.3) is 0 Å². The third-order valence-electron chi connectivity index (χ3n) is 2.86. The quantitative estimate of drug-likeness (QED) is 0.870. The molecular formula is C15H26N2OS. The van der Waals surface area contributed by atoms with E-state index in [0.717, 1.165) is 0 Å². The van der Waals surface area contributed by atoms with Crippen LogP contribution in [0.1, 0.15) is 55.5 Å². The van der Waals surface area contributed by atoms with E-state index < -0.39 is 0 Å². The molecule has 1 rings (SSSR count). The largest absolute Gasteiger partial charge is 0.351 e. The lowest BCUT2D eigenvalue weighted by Crippen LogP contribution is -2.41. The fraction of sp³-hybridized carbons (Fsp3) is 0.667. The first-order valence-corrected chi connectivity index (χ1v) is 7.62. The molecule has 0 aliphatic rings. The van der Waals surface area contributed by atoms with Gasteiger partial charge in [0.05, 0.1) is 0 Å². The summed E-state index contributed by atoms with van der Waals surface area (Å²) < 4.78 is 0. The molecule has 108 valence electrons. The zero-order chi connectivity index (χ0) is 14.6. The third-order valence-corrected chi connectivity index (χ3v) is 3.84. The van der Waals surface area contributed by atoms with E-state index in [9.17, 15) is 4.79 Å². The number of aryl methyl sites for hydroxylation is 2. The summed E-state index contributed by atoms with van der Waals surface area (Å²) in [7, 11) is 0. The molecule has 0 aromatic carbocycles. The summed E-state index contributed by atoms with van der Waals surface area (Å²) in [6, 6.07) is 2.53. The number of rotatable bonds is 5. The van der Waals surface area contributed by atoms with E-state index in [1.54, 1.807) is 0 Å². The minimum atomic E-state index is -0.149. The average molecular weight is 282 g/mol. The lowest BCUT2D eigenvalue weighted by Gasteiger charge is -2.21. The van der Waals surface area contributed by atoms with E-state index in [1.165, 1.54) is 15.3 Å². The van der Waals surface area contributed by atoms with E-state index in [0.29, 0.717) is 19.0 Å². The van der Waals surface area contributed by atoms with Gasteiger partial charge in [-0.25, -0.2) is 0 Å². The maximum Gasteiger partial charge on any atom is 0.221 e. The van der Waals surface area contributed by atoms with Crippen molar-refractivity contribution in [2.24, 2.45) is 0 Å². The molecule has 2 N–H and O–H groups in total. The molecule has 1 heterocycles. The van der Waals surface area contributed by atoms with Crippen LogP contribution in [0.15, 0.2) is 6.07 Å². The van der Waals surface area contributed by atoms with Gasteiger partial charge in [-0.2, -0.15) is 0 Å². The average Bonchev–Trinajstić information content (AvgIpc) is 2.55. The number of hydrogen-bond acceptors (Lipinski definition) is 3. The zero-order valence-electron chi connectivity index (χ0n) is 12.9. The number of nitrogens with one attached hydrogen (secondary N) is 2. The van der Waals surface area contributed by atoms with Gasteiger partial charge in [-0.1, -0.05) is 0 Å². The molecular weight excluding hydrogens is 256 g/mol. The van der Waals surface area contributed by atoms with Crippen LogP contribution < -0.4 is 10.6 Å². The highest BCUT2D eigenvalue weighted by Gasteiger charge is 2.14. The third kappa shape index (κ3) is 5.74. The van der Waals surface area contributed by atoms with Crippen molar-refractivity contribution in [2.75, 3.05) is 6.54 Å². The van der Waals surface area contributed by atoms with Crippen molar-refractivity contribution >= 4 is 17.2 Å². The molecule has 19 heavy (non-hydrogen) atoms. The Kier molecular flexibility index (Phi) is 5.56. The van der Waals surface area contributed by atoms with Crippen LogP contribution in [0.5, 0.6) is 0 Å². The summed E-state index contributed by atoms with van der Waals surface area (Å²) in [5.74, 6) is 0.102. The van der Waals surface area contributed by atoms with Crippen LogP contribution in [-0.2, 0) is 4.79 Å². The second-order valence-electron chi connectivity index (χ2n) is 6.09. The second kappa shape index (κ2) is 6.53. The lowest BCUT2D eigenvalue weighted by atomic mass is 10.1. The van der Waals surface area contributed by atoms with Crippen LogP contribution in [0.2, 0.25) is 0 Å². The molecule has 1 amide bonds. The van der Waals surface area contributed by atoms with Gasteiger partial charge in [-0.05, 0) is 53.2 Å². The molecule has 4 heteroatoms. The monoisotopic (exact) mass is 282 g/mol. The summed E-state index contributed by atoms with van der Waals surface area (Å²) in [4.78, 5) is 14.4. The lowest BCUT2D eigenvalue weighted by molar-refractivity contribution is -0.122. The predicted molar refractivity (Wildman–Crippen MR) is 82.7 cm³/mol. The normalized spacial score (nSPS) is 13.4. The van der Waals surface area contributed by atoms with Crippen LogP contribution in [-0.4, -0.2) is 18.0 Å². The van der Waals surface area contributed by atoms with Gasteiger partial charge in [-0.15, -0.1) is 11.3 Å². The number of hydrogen-bond donors (Lipinski definition) is 2.